The molecule has 2 heterocycles. The average Bonchev–Trinajstić information content (AvgIpc) is 2.91. The molecule has 6 heteroatoms. The van der Waals surface area contributed by atoms with Gasteiger partial charge in [-0.15, -0.1) is 0 Å². The number of carbonyl (C=O) groups excluding carboxylic acids is 3. The summed E-state index contributed by atoms with van der Waals surface area (Å²) in [5.74, 6) is 0.261. The summed E-state index contributed by atoms with van der Waals surface area (Å²) in [5, 5.41) is 2.96. The van der Waals surface area contributed by atoms with E-state index in [0.717, 1.165) is 43.4 Å². The van der Waals surface area contributed by atoms with Crippen molar-refractivity contribution in [2.45, 2.75) is 44.6 Å². The minimum atomic E-state index is -0.150. The molecule has 6 nitrogen and oxygen atoms in total. The van der Waals surface area contributed by atoms with Crippen LogP contribution in [0.5, 0.6) is 5.75 Å². The molecule has 1 aromatic carbocycles. The molecule has 2 aliphatic heterocycles. The quantitative estimate of drug-likeness (QED) is 0.833. The number of para-hydroxylation sites is 1. The van der Waals surface area contributed by atoms with Crippen molar-refractivity contribution in [2.75, 3.05) is 13.2 Å². The van der Waals surface area contributed by atoms with Gasteiger partial charge in [0, 0.05) is 13.0 Å². The Morgan fingerprint density at radius 3 is 2.54 bits per heavy atom. The minimum Gasteiger partial charge on any atom is -0.491 e. The first-order chi connectivity index (χ1) is 12.6. The van der Waals surface area contributed by atoms with E-state index in [9.17, 15) is 14.4 Å². The van der Waals surface area contributed by atoms with Gasteiger partial charge in [-0.3, -0.25) is 19.3 Å². The summed E-state index contributed by atoms with van der Waals surface area (Å²) >= 11 is 0. The molecule has 1 aliphatic carbocycles. The number of hydrogen-bond acceptors (Lipinski definition) is 4. The van der Waals surface area contributed by atoms with Crippen molar-refractivity contribution in [1.82, 2.24) is 10.2 Å². The van der Waals surface area contributed by atoms with Crippen LogP contribution in [0.4, 0.5) is 0 Å². The van der Waals surface area contributed by atoms with Crippen molar-refractivity contribution in [2.24, 2.45) is 11.8 Å². The zero-order chi connectivity index (χ0) is 18.1. The highest BCUT2D eigenvalue weighted by Gasteiger charge is 2.47. The van der Waals surface area contributed by atoms with E-state index in [4.69, 9.17) is 4.74 Å². The Labute approximate surface area is 152 Å². The number of amides is 3. The van der Waals surface area contributed by atoms with Gasteiger partial charge in [0.1, 0.15) is 12.4 Å². The zero-order valence-electron chi connectivity index (χ0n) is 14.8. The molecular formula is C20H24N2O4. The van der Waals surface area contributed by atoms with Crippen LogP contribution < -0.4 is 10.1 Å². The molecule has 0 unspecified atom stereocenters. The first-order valence-corrected chi connectivity index (χ1v) is 9.49. The maximum atomic E-state index is 12.4. The molecule has 2 fully saturated rings. The molecule has 0 spiro atoms. The van der Waals surface area contributed by atoms with Gasteiger partial charge < -0.3 is 10.1 Å². The molecule has 26 heavy (non-hydrogen) atoms. The van der Waals surface area contributed by atoms with E-state index in [1.54, 1.807) is 0 Å². The highest BCUT2D eigenvalue weighted by molar-refractivity contribution is 6.05. The lowest BCUT2D eigenvalue weighted by molar-refractivity contribution is -0.140. The minimum absolute atomic E-state index is 0.0787. The largest absolute Gasteiger partial charge is 0.491 e. The van der Waals surface area contributed by atoms with Crippen molar-refractivity contribution in [3.8, 4) is 5.75 Å². The summed E-state index contributed by atoms with van der Waals surface area (Å²) in [6.07, 6.45) is 4.51. The Morgan fingerprint density at radius 1 is 1.12 bits per heavy atom. The molecule has 138 valence electrons. The van der Waals surface area contributed by atoms with Gasteiger partial charge in [-0.2, -0.15) is 0 Å². The van der Waals surface area contributed by atoms with Gasteiger partial charge in [0.15, 0.2) is 0 Å². The molecule has 3 atom stereocenters. The van der Waals surface area contributed by atoms with E-state index in [0.29, 0.717) is 6.61 Å². The van der Waals surface area contributed by atoms with E-state index in [-0.39, 0.29) is 48.6 Å². The van der Waals surface area contributed by atoms with Crippen molar-refractivity contribution in [3.63, 3.8) is 0 Å². The summed E-state index contributed by atoms with van der Waals surface area (Å²) in [6.45, 7) is 0.620. The third-order valence-corrected chi connectivity index (χ3v) is 5.74. The Morgan fingerprint density at radius 2 is 1.81 bits per heavy atom. The van der Waals surface area contributed by atoms with Crippen molar-refractivity contribution < 1.29 is 19.1 Å². The lowest BCUT2D eigenvalue weighted by atomic mass is 9.81. The number of rotatable bonds is 4. The SMILES string of the molecule is O=C(CCN1C(=O)[C@H]2CCCC[C@H]2C1=O)N[C@@H]1COc2ccccc2C1. The fourth-order valence-electron chi connectivity index (χ4n) is 4.39. The second-order valence-electron chi connectivity index (χ2n) is 7.46. The molecule has 1 saturated heterocycles. The van der Waals surface area contributed by atoms with Crippen LogP contribution in [0, 0.1) is 11.8 Å². The summed E-state index contributed by atoms with van der Waals surface area (Å²) < 4.78 is 5.68. The van der Waals surface area contributed by atoms with Crippen LogP contribution in [0.1, 0.15) is 37.7 Å². The van der Waals surface area contributed by atoms with Gasteiger partial charge in [-0.25, -0.2) is 0 Å². The Bertz CT molecular complexity index is 708. The van der Waals surface area contributed by atoms with Crippen LogP contribution >= 0.6 is 0 Å². The van der Waals surface area contributed by atoms with Crippen LogP contribution in [-0.4, -0.2) is 41.8 Å². The fraction of sp³-hybridized carbons (Fsp3) is 0.550. The van der Waals surface area contributed by atoms with Gasteiger partial charge >= 0.3 is 0 Å². The second kappa shape index (κ2) is 7.09. The number of fused-ring (bicyclic) bond motifs is 2. The molecule has 4 rings (SSSR count). The van der Waals surface area contributed by atoms with E-state index in [1.807, 2.05) is 24.3 Å². The number of carbonyl (C=O) groups is 3. The standard InChI is InChI=1S/C20H24N2O4/c23-18(21-14-11-13-5-1-4-8-17(13)26-12-14)9-10-22-19(24)15-6-2-3-7-16(15)20(22)25/h1,4-5,8,14-16H,2-3,6-7,9-12H2,(H,21,23)/t14-,15-,16+/m0/s1. The first-order valence-electron chi connectivity index (χ1n) is 9.49. The number of nitrogens with zero attached hydrogens (tertiary/aromatic N) is 1. The summed E-state index contributed by atoms with van der Waals surface area (Å²) in [4.78, 5) is 38.5. The van der Waals surface area contributed by atoms with Gasteiger partial charge in [0.05, 0.1) is 17.9 Å². The lowest BCUT2D eigenvalue weighted by Gasteiger charge is -2.26. The third-order valence-electron chi connectivity index (χ3n) is 5.74. The average molecular weight is 356 g/mol. The predicted octanol–water partition coefficient (Wildman–Crippen LogP) is 1.67. The number of ether oxygens (including phenoxy) is 1. The summed E-state index contributed by atoms with van der Waals surface area (Å²) in [6, 6.07) is 7.73. The first kappa shape index (κ1) is 17.1. The molecule has 0 bridgehead atoms. The maximum Gasteiger partial charge on any atom is 0.233 e. The Hall–Kier alpha value is -2.37. The molecule has 3 amide bonds. The van der Waals surface area contributed by atoms with Gasteiger partial charge in [0.2, 0.25) is 17.7 Å². The lowest BCUT2D eigenvalue weighted by Crippen LogP contribution is -2.44. The summed E-state index contributed by atoms with van der Waals surface area (Å²) in [7, 11) is 0. The number of hydrogen-bond donors (Lipinski definition) is 1. The van der Waals surface area contributed by atoms with Crippen LogP contribution in [-0.2, 0) is 20.8 Å². The predicted molar refractivity (Wildman–Crippen MR) is 94.4 cm³/mol. The highest BCUT2D eigenvalue weighted by Crippen LogP contribution is 2.37. The maximum absolute atomic E-state index is 12.4. The van der Waals surface area contributed by atoms with Crippen LogP contribution in [0.15, 0.2) is 24.3 Å². The Kier molecular flexibility index (Phi) is 4.66. The van der Waals surface area contributed by atoms with Gasteiger partial charge in [0.25, 0.3) is 0 Å². The Balaban J connectivity index is 1.29. The van der Waals surface area contributed by atoms with Crippen molar-refractivity contribution in [1.29, 1.82) is 0 Å². The van der Waals surface area contributed by atoms with Crippen LogP contribution in [0.25, 0.3) is 0 Å². The third kappa shape index (κ3) is 3.20. The molecule has 1 saturated carbocycles. The monoisotopic (exact) mass is 356 g/mol. The van der Waals surface area contributed by atoms with Crippen molar-refractivity contribution in [3.05, 3.63) is 29.8 Å². The highest BCUT2D eigenvalue weighted by atomic mass is 16.5. The summed E-state index contributed by atoms with van der Waals surface area (Å²) in [5.41, 5.74) is 1.08. The molecule has 1 N–H and O–H groups in total. The number of imide groups is 1. The number of likely N-dealkylation sites (tertiary alicyclic amines) is 1. The number of nitrogens with one attached hydrogen (secondary N) is 1. The topological polar surface area (TPSA) is 75.7 Å². The van der Waals surface area contributed by atoms with E-state index in [2.05, 4.69) is 5.32 Å². The fourth-order valence-corrected chi connectivity index (χ4v) is 4.39. The molecule has 3 aliphatic rings. The van der Waals surface area contributed by atoms with Crippen LogP contribution in [0.2, 0.25) is 0 Å². The van der Waals surface area contributed by atoms with E-state index >= 15 is 0 Å². The second-order valence-corrected chi connectivity index (χ2v) is 7.46. The zero-order valence-corrected chi connectivity index (χ0v) is 14.8. The van der Waals surface area contributed by atoms with Gasteiger partial charge in [-0.1, -0.05) is 31.0 Å². The normalized spacial score (nSPS) is 27.5. The van der Waals surface area contributed by atoms with Crippen LogP contribution in [0.3, 0.4) is 0 Å². The van der Waals surface area contributed by atoms with E-state index in [1.165, 1.54) is 4.90 Å². The molecule has 1 aromatic rings. The van der Waals surface area contributed by atoms with Gasteiger partial charge in [-0.05, 0) is 30.9 Å². The molecule has 0 aromatic heterocycles. The van der Waals surface area contributed by atoms with Crippen molar-refractivity contribution >= 4 is 17.7 Å². The molecular weight excluding hydrogens is 332 g/mol. The smallest absolute Gasteiger partial charge is 0.233 e. The van der Waals surface area contributed by atoms with E-state index < -0.39 is 0 Å². The number of benzene rings is 1. The molecule has 0 radical (unpaired) electrons.